The average Bonchev–Trinajstić information content (AvgIpc) is 1.18. The Morgan fingerprint density at radius 3 is 1.23 bits per heavy atom. The Balaban J connectivity index is 0.761. The molecule has 0 aliphatic rings. The largest absolute Gasteiger partial charge is 0.438 e. The summed E-state index contributed by atoms with van der Waals surface area (Å²) in [5, 5.41) is 17.2. The number of pyridine rings is 2. The van der Waals surface area contributed by atoms with E-state index >= 15 is 0 Å². The number of nitrogens with zero attached hydrogens (tertiary/aromatic N) is 8. The zero-order chi connectivity index (χ0) is 56.4. The van der Waals surface area contributed by atoms with Crippen molar-refractivity contribution in [3.63, 3.8) is 0 Å². The summed E-state index contributed by atoms with van der Waals surface area (Å²) in [6.07, 6.45) is 3.52. The SMILES string of the molecule is c1ccc(-c2nc(-c3cccc4c3ccc3c5cccc(-c6ccc(-c7nc(-c8cc9c%10ccccc%10ccc9c9ccccc89)nc(-c8ccnc9oc%10ccccc%10c89)n7)cc6)c5ccc43)nc(-c3ccnc4oc5ccccc5c34)n2)cc1. The van der Waals surface area contributed by atoms with Gasteiger partial charge in [-0.25, -0.2) is 39.9 Å². The minimum absolute atomic E-state index is 0.527. The first kappa shape index (κ1) is 47.7. The van der Waals surface area contributed by atoms with Crippen LogP contribution in [0.1, 0.15) is 0 Å². The van der Waals surface area contributed by atoms with E-state index in [1.807, 2.05) is 84.9 Å². The van der Waals surface area contributed by atoms with Crippen LogP contribution in [0.5, 0.6) is 0 Å². The van der Waals surface area contributed by atoms with Gasteiger partial charge in [-0.1, -0.05) is 212 Å². The molecule has 0 saturated heterocycles. The van der Waals surface area contributed by atoms with Gasteiger partial charge in [-0.3, -0.25) is 0 Å². The molecule has 0 bridgehead atoms. The molecule has 0 aliphatic carbocycles. The van der Waals surface area contributed by atoms with Crippen LogP contribution in [-0.4, -0.2) is 39.9 Å². The maximum Gasteiger partial charge on any atom is 0.228 e. The zero-order valence-electron chi connectivity index (χ0n) is 45.6. The highest BCUT2D eigenvalue weighted by molar-refractivity contribution is 6.23. The van der Waals surface area contributed by atoms with E-state index in [2.05, 4.69) is 168 Å². The first-order valence-electron chi connectivity index (χ1n) is 28.5. The van der Waals surface area contributed by atoms with E-state index in [0.717, 1.165) is 126 Å². The van der Waals surface area contributed by atoms with Crippen LogP contribution >= 0.6 is 0 Å². The fourth-order valence-corrected chi connectivity index (χ4v) is 13.0. The van der Waals surface area contributed by atoms with Crippen LogP contribution in [0.25, 0.3) is 188 Å². The van der Waals surface area contributed by atoms with Crippen molar-refractivity contribution in [1.29, 1.82) is 0 Å². The molecule has 0 spiro atoms. The summed E-state index contributed by atoms with van der Waals surface area (Å²) in [5.41, 5.74) is 9.96. The van der Waals surface area contributed by atoms with E-state index < -0.39 is 0 Å². The van der Waals surface area contributed by atoms with Crippen LogP contribution in [0.15, 0.2) is 264 Å². The number of para-hydroxylation sites is 2. The molecule has 0 radical (unpaired) electrons. The molecule has 0 aliphatic heterocycles. The van der Waals surface area contributed by atoms with E-state index in [0.29, 0.717) is 46.4 Å². The summed E-state index contributed by atoms with van der Waals surface area (Å²) in [5.74, 6) is 3.35. The quantitative estimate of drug-likeness (QED) is 0.142. The predicted molar refractivity (Wildman–Crippen MR) is 346 cm³/mol. The van der Waals surface area contributed by atoms with Crippen LogP contribution in [-0.2, 0) is 0 Å². The highest BCUT2D eigenvalue weighted by Crippen LogP contribution is 2.43. The molecule has 18 rings (SSSR count). The third-order valence-electron chi connectivity index (χ3n) is 17.0. The first-order valence-corrected chi connectivity index (χ1v) is 28.5. The van der Waals surface area contributed by atoms with Crippen LogP contribution in [0.4, 0.5) is 0 Å². The van der Waals surface area contributed by atoms with Crippen molar-refractivity contribution in [2.45, 2.75) is 0 Å². The molecule has 10 nitrogen and oxygen atoms in total. The lowest BCUT2D eigenvalue weighted by Crippen LogP contribution is -2.01. The second-order valence-corrected chi connectivity index (χ2v) is 21.7. The van der Waals surface area contributed by atoms with Gasteiger partial charge in [0.05, 0.1) is 10.8 Å². The van der Waals surface area contributed by atoms with Crippen molar-refractivity contribution >= 4 is 109 Å². The molecular formula is C76H42N8O2. The Labute approximate surface area is 489 Å². The molecule has 0 N–H and O–H groups in total. The molecule has 0 fully saturated rings. The first-order chi connectivity index (χ1) is 42.6. The fourth-order valence-electron chi connectivity index (χ4n) is 13.0. The maximum atomic E-state index is 6.30. The van der Waals surface area contributed by atoms with Crippen LogP contribution in [0.3, 0.4) is 0 Å². The standard InChI is InChI=1S/C76H42N8O2/c1-2-15-45(16-3-1)69-79-71(83-72(80-69)61-38-40-77-75-67(61)59-20-8-10-26-65(59)85-75)58-25-13-24-51-55-35-34-53-47(22-12-23-50(53)54(55)36-37-56(51)58)44-28-30-46(31-29-44)70-81-73(62-39-41-78-76-68(62)60-21-9-11-27-66(60)86-76)84-74(82-70)64-42-63-48-17-5-4-14-43(48)32-33-57(63)49-18-6-7-19-52(49)64/h1-42H. The Kier molecular flexibility index (Phi) is 10.5. The number of fused-ring (bicyclic) bond motifs is 16. The lowest BCUT2D eigenvalue weighted by atomic mass is 9.91. The molecule has 398 valence electrons. The van der Waals surface area contributed by atoms with Crippen molar-refractivity contribution in [2.75, 3.05) is 0 Å². The van der Waals surface area contributed by atoms with Gasteiger partial charge in [0.2, 0.25) is 11.4 Å². The molecule has 12 aromatic carbocycles. The number of benzene rings is 12. The smallest absolute Gasteiger partial charge is 0.228 e. The van der Waals surface area contributed by atoms with Gasteiger partial charge in [-0.05, 0) is 106 Å². The molecular weight excluding hydrogens is 1060 g/mol. The number of aromatic nitrogens is 8. The predicted octanol–water partition coefficient (Wildman–Crippen LogP) is 19.2. The summed E-state index contributed by atoms with van der Waals surface area (Å²) in [6.45, 7) is 0. The summed E-state index contributed by atoms with van der Waals surface area (Å²) in [7, 11) is 0. The Morgan fingerprint density at radius 2 is 0.616 bits per heavy atom. The molecule has 6 heterocycles. The fraction of sp³-hybridized carbons (Fsp3) is 0. The van der Waals surface area contributed by atoms with Gasteiger partial charge < -0.3 is 8.83 Å². The van der Waals surface area contributed by atoms with Gasteiger partial charge in [0.1, 0.15) is 11.2 Å². The molecule has 86 heavy (non-hydrogen) atoms. The summed E-state index contributed by atoms with van der Waals surface area (Å²) in [6, 6.07) is 84.3. The Hall–Kier alpha value is -11.9. The third-order valence-corrected chi connectivity index (χ3v) is 17.0. The minimum Gasteiger partial charge on any atom is -0.438 e. The van der Waals surface area contributed by atoms with Crippen molar-refractivity contribution < 1.29 is 8.83 Å². The average molecular weight is 1100 g/mol. The second kappa shape index (κ2) is 18.8. The number of hydrogen-bond donors (Lipinski definition) is 0. The minimum atomic E-state index is 0.527. The molecule has 0 atom stereocenters. The normalized spacial score (nSPS) is 12.0. The van der Waals surface area contributed by atoms with Crippen molar-refractivity contribution in [3.8, 4) is 79.5 Å². The Morgan fingerprint density at radius 1 is 0.221 bits per heavy atom. The van der Waals surface area contributed by atoms with Crippen molar-refractivity contribution in [2.24, 2.45) is 0 Å². The zero-order valence-corrected chi connectivity index (χ0v) is 45.6. The molecule has 6 aromatic heterocycles. The third kappa shape index (κ3) is 7.46. The highest BCUT2D eigenvalue weighted by atomic mass is 16.3. The van der Waals surface area contributed by atoms with Crippen LogP contribution in [0, 0.1) is 0 Å². The topological polar surface area (TPSA) is 129 Å². The van der Waals surface area contributed by atoms with Gasteiger partial charge in [-0.2, -0.15) is 0 Å². The maximum absolute atomic E-state index is 6.30. The number of rotatable bonds is 7. The van der Waals surface area contributed by atoms with Crippen molar-refractivity contribution in [3.05, 3.63) is 255 Å². The van der Waals surface area contributed by atoms with Crippen LogP contribution < -0.4 is 0 Å². The summed E-state index contributed by atoms with van der Waals surface area (Å²) >= 11 is 0. The van der Waals surface area contributed by atoms with E-state index in [1.54, 1.807) is 12.4 Å². The van der Waals surface area contributed by atoms with Gasteiger partial charge >= 0.3 is 0 Å². The van der Waals surface area contributed by atoms with Gasteiger partial charge in [0.25, 0.3) is 0 Å². The summed E-state index contributed by atoms with van der Waals surface area (Å²) < 4.78 is 12.5. The van der Waals surface area contributed by atoms with Crippen molar-refractivity contribution in [1.82, 2.24) is 39.9 Å². The van der Waals surface area contributed by atoms with Gasteiger partial charge in [0.15, 0.2) is 34.9 Å². The molecule has 10 heteroatoms. The molecule has 0 saturated carbocycles. The molecule has 18 aromatic rings. The highest BCUT2D eigenvalue weighted by Gasteiger charge is 2.23. The van der Waals surface area contributed by atoms with Gasteiger partial charge in [-0.15, -0.1) is 0 Å². The lowest BCUT2D eigenvalue weighted by molar-refractivity contribution is 0.653. The van der Waals surface area contributed by atoms with E-state index in [-0.39, 0.29) is 0 Å². The Bertz CT molecular complexity index is 5860. The summed E-state index contributed by atoms with van der Waals surface area (Å²) in [4.78, 5) is 40.9. The van der Waals surface area contributed by atoms with E-state index in [4.69, 9.17) is 38.7 Å². The van der Waals surface area contributed by atoms with Gasteiger partial charge in [0, 0.05) is 56.5 Å². The van der Waals surface area contributed by atoms with Crippen LogP contribution in [0.2, 0.25) is 0 Å². The number of hydrogen-bond acceptors (Lipinski definition) is 10. The molecule has 0 amide bonds. The second-order valence-electron chi connectivity index (χ2n) is 21.7. The van der Waals surface area contributed by atoms with E-state index in [1.165, 1.54) is 16.2 Å². The number of furan rings is 2. The molecule has 0 unspecified atom stereocenters. The monoisotopic (exact) mass is 1100 g/mol. The van der Waals surface area contributed by atoms with E-state index in [9.17, 15) is 0 Å². The lowest BCUT2D eigenvalue weighted by Gasteiger charge is -2.14.